The molecule has 4 rings (SSSR count). The average molecular weight is 455 g/mol. The maximum atomic E-state index is 3.57. The first kappa shape index (κ1) is 20.8. The molecule has 2 heterocycles. The van der Waals surface area contributed by atoms with Gasteiger partial charge in [-0.15, -0.1) is 0 Å². The fourth-order valence-electron chi connectivity index (χ4n) is 3.42. The van der Waals surface area contributed by atoms with Crippen molar-refractivity contribution in [2.75, 3.05) is 23.4 Å². The Hall–Kier alpha value is -1.91. The van der Waals surface area contributed by atoms with Crippen molar-refractivity contribution in [1.29, 1.82) is 0 Å². The lowest BCUT2D eigenvalue weighted by Gasteiger charge is -2.24. The Balaban J connectivity index is 0.00000109. The second kappa shape index (κ2) is 9.53. The number of rotatable bonds is 3. The first-order valence-electron chi connectivity index (χ1n) is 9.79. The predicted molar refractivity (Wildman–Crippen MR) is 129 cm³/mol. The Bertz CT molecular complexity index is 917. The van der Waals surface area contributed by atoms with Crippen LogP contribution in [-0.2, 0) is 0 Å². The van der Waals surface area contributed by atoms with Crippen molar-refractivity contribution < 1.29 is 0 Å². The van der Waals surface area contributed by atoms with E-state index in [0.717, 1.165) is 11.0 Å². The molecule has 0 aromatic heterocycles. The zero-order chi connectivity index (χ0) is 20.1. The lowest BCUT2D eigenvalue weighted by Crippen LogP contribution is -2.27. The molecule has 0 radical (unpaired) electrons. The van der Waals surface area contributed by atoms with Gasteiger partial charge in [0.25, 0.3) is 0 Å². The van der Waals surface area contributed by atoms with Crippen LogP contribution in [0.5, 0.6) is 0 Å². The molecule has 0 amide bonds. The van der Waals surface area contributed by atoms with E-state index in [-0.39, 0.29) is 0 Å². The summed E-state index contributed by atoms with van der Waals surface area (Å²) in [5, 5.41) is 0.355. The van der Waals surface area contributed by atoms with Crippen molar-refractivity contribution in [3.05, 3.63) is 83.0 Å². The standard InChI is InChI=1S/C22H21BrN2S.C2H6/c1-3-25-19-8-4-5-9-21(19)26-22(25)10-6-7-16-13-14-24(2)20-15-17(23)11-12-18(16)20;1-2/h4-15,22H,3H2,1-2H3;1-2H3/b10-6+,16-7+;. The SMILES string of the molecule is CC.CCN1c2ccccc2SC1/C=C/C=C1\C=CN(C)c2cc(Br)ccc21. The highest BCUT2D eigenvalue weighted by Crippen LogP contribution is 2.43. The Morgan fingerprint density at radius 3 is 2.68 bits per heavy atom. The number of hydrogen-bond donors (Lipinski definition) is 0. The van der Waals surface area contributed by atoms with E-state index in [0.29, 0.717) is 5.37 Å². The van der Waals surface area contributed by atoms with Crippen LogP contribution in [0.4, 0.5) is 11.4 Å². The fourth-order valence-corrected chi connectivity index (χ4v) is 5.05. The first-order chi connectivity index (χ1) is 13.7. The minimum atomic E-state index is 0.355. The van der Waals surface area contributed by atoms with Crippen LogP contribution < -0.4 is 9.80 Å². The van der Waals surface area contributed by atoms with Gasteiger partial charge in [-0.05, 0) is 42.8 Å². The largest absolute Gasteiger partial charge is 0.355 e. The summed E-state index contributed by atoms with van der Waals surface area (Å²) >= 11 is 5.49. The molecule has 0 bridgehead atoms. The van der Waals surface area contributed by atoms with E-state index in [9.17, 15) is 0 Å². The molecule has 0 N–H and O–H groups in total. The van der Waals surface area contributed by atoms with Crippen LogP contribution in [0.3, 0.4) is 0 Å². The molecule has 0 spiro atoms. The number of thioether (sulfide) groups is 1. The molecule has 0 aliphatic carbocycles. The van der Waals surface area contributed by atoms with Crippen LogP contribution in [0.15, 0.2) is 82.3 Å². The van der Waals surface area contributed by atoms with E-state index in [1.54, 1.807) is 0 Å². The summed E-state index contributed by atoms with van der Waals surface area (Å²) in [7, 11) is 2.08. The molecule has 146 valence electrons. The van der Waals surface area contributed by atoms with E-state index < -0.39 is 0 Å². The second-order valence-electron chi connectivity index (χ2n) is 6.36. The predicted octanol–water partition coefficient (Wildman–Crippen LogP) is 7.34. The van der Waals surface area contributed by atoms with Crippen molar-refractivity contribution >= 4 is 44.6 Å². The minimum absolute atomic E-state index is 0.355. The van der Waals surface area contributed by atoms with Crippen LogP contribution in [0.25, 0.3) is 5.57 Å². The van der Waals surface area contributed by atoms with Gasteiger partial charge in [-0.2, -0.15) is 0 Å². The number of para-hydroxylation sites is 1. The van der Waals surface area contributed by atoms with Crippen molar-refractivity contribution in [1.82, 2.24) is 0 Å². The fraction of sp³-hybridized carbons (Fsp3) is 0.250. The number of benzene rings is 2. The van der Waals surface area contributed by atoms with Gasteiger partial charge in [-0.3, -0.25) is 0 Å². The van der Waals surface area contributed by atoms with Gasteiger partial charge in [-0.1, -0.05) is 78.0 Å². The maximum Gasteiger partial charge on any atom is 0.0985 e. The molecular formula is C24H27BrN2S. The zero-order valence-electron chi connectivity index (χ0n) is 16.9. The topological polar surface area (TPSA) is 6.48 Å². The van der Waals surface area contributed by atoms with Crippen LogP contribution >= 0.6 is 27.7 Å². The summed E-state index contributed by atoms with van der Waals surface area (Å²) in [6.07, 6.45) is 11.0. The number of hydrogen-bond acceptors (Lipinski definition) is 3. The Morgan fingerprint density at radius 1 is 1.11 bits per heavy atom. The third-order valence-electron chi connectivity index (χ3n) is 4.75. The number of halogens is 1. The van der Waals surface area contributed by atoms with Crippen molar-refractivity contribution in [3.8, 4) is 0 Å². The molecule has 1 atom stereocenters. The Kier molecular flexibility index (Phi) is 7.08. The smallest absolute Gasteiger partial charge is 0.0985 e. The number of fused-ring (bicyclic) bond motifs is 2. The molecule has 2 aliphatic heterocycles. The summed E-state index contributed by atoms with van der Waals surface area (Å²) in [4.78, 5) is 5.97. The number of nitrogens with zero attached hydrogens (tertiary/aromatic N) is 2. The minimum Gasteiger partial charge on any atom is -0.355 e. The van der Waals surface area contributed by atoms with Crippen LogP contribution in [0.1, 0.15) is 26.3 Å². The van der Waals surface area contributed by atoms with E-state index in [1.807, 2.05) is 25.6 Å². The number of likely N-dealkylation sites (N-methyl/N-ethyl adjacent to an activating group) is 1. The molecule has 0 saturated heterocycles. The molecule has 2 aromatic carbocycles. The zero-order valence-corrected chi connectivity index (χ0v) is 19.3. The summed E-state index contributed by atoms with van der Waals surface area (Å²) in [6, 6.07) is 15.1. The highest BCUT2D eigenvalue weighted by Gasteiger charge is 2.26. The van der Waals surface area contributed by atoms with Gasteiger partial charge in [0.2, 0.25) is 0 Å². The van der Waals surface area contributed by atoms with E-state index in [1.165, 1.54) is 27.4 Å². The van der Waals surface area contributed by atoms with Crippen LogP contribution in [-0.4, -0.2) is 19.0 Å². The third kappa shape index (κ3) is 4.23. The van der Waals surface area contributed by atoms with Gasteiger partial charge < -0.3 is 9.80 Å². The molecule has 2 aliphatic rings. The average Bonchev–Trinajstić information content (AvgIpc) is 3.09. The van der Waals surface area contributed by atoms with Crippen molar-refractivity contribution in [3.63, 3.8) is 0 Å². The summed E-state index contributed by atoms with van der Waals surface area (Å²) in [5.74, 6) is 0. The van der Waals surface area contributed by atoms with Gasteiger partial charge >= 0.3 is 0 Å². The van der Waals surface area contributed by atoms with E-state index in [4.69, 9.17) is 0 Å². The maximum absolute atomic E-state index is 3.57. The van der Waals surface area contributed by atoms with Gasteiger partial charge in [0, 0.05) is 40.4 Å². The molecule has 1 unspecified atom stereocenters. The molecular weight excluding hydrogens is 428 g/mol. The Labute approximate surface area is 181 Å². The second-order valence-corrected chi connectivity index (χ2v) is 8.43. The van der Waals surface area contributed by atoms with E-state index >= 15 is 0 Å². The normalized spacial score (nSPS) is 18.9. The molecule has 2 nitrogen and oxygen atoms in total. The van der Waals surface area contributed by atoms with Gasteiger partial charge in [0.1, 0.15) is 0 Å². The van der Waals surface area contributed by atoms with Crippen molar-refractivity contribution in [2.24, 2.45) is 0 Å². The number of allylic oxidation sites excluding steroid dienone is 4. The van der Waals surface area contributed by atoms with Gasteiger partial charge in [-0.25, -0.2) is 0 Å². The van der Waals surface area contributed by atoms with Crippen LogP contribution in [0.2, 0.25) is 0 Å². The highest BCUT2D eigenvalue weighted by molar-refractivity contribution is 9.10. The molecule has 0 saturated carbocycles. The molecule has 4 heteroatoms. The third-order valence-corrected chi connectivity index (χ3v) is 6.50. The first-order valence-corrected chi connectivity index (χ1v) is 11.5. The summed E-state index contributed by atoms with van der Waals surface area (Å²) in [6.45, 7) is 7.23. The monoisotopic (exact) mass is 454 g/mol. The molecule has 2 aromatic rings. The van der Waals surface area contributed by atoms with Gasteiger partial charge in [0.15, 0.2) is 0 Å². The van der Waals surface area contributed by atoms with Crippen molar-refractivity contribution in [2.45, 2.75) is 31.0 Å². The lowest BCUT2D eigenvalue weighted by molar-refractivity contribution is 0.878. The van der Waals surface area contributed by atoms with E-state index in [2.05, 4.69) is 113 Å². The Morgan fingerprint density at radius 2 is 1.89 bits per heavy atom. The highest BCUT2D eigenvalue weighted by atomic mass is 79.9. The molecule has 0 fully saturated rings. The lowest BCUT2D eigenvalue weighted by atomic mass is 10.00. The van der Waals surface area contributed by atoms with Gasteiger partial charge in [0.05, 0.1) is 11.1 Å². The quantitative estimate of drug-likeness (QED) is 0.478. The summed E-state index contributed by atoms with van der Waals surface area (Å²) < 4.78 is 1.10. The van der Waals surface area contributed by atoms with Crippen LogP contribution in [0, 0.1) is 0 Å². The molecule has 28 heavy (non-hydrogen) atoms. The number of anilines is 2. The summed E-state index contributed by atoms with van der Waals surface area (Å²) in [5.41, 5.74) is 5.07.